The summed E-state index contributed by atoms with van der Waals surface area (Å²) in [4.78, 5) is 46.2. The summed E-state index contributed by atoms with van der Waals surface area (Å²) in [5, 5.41) is 15.6. The molecule has 0 aliphatic heterocycles. The fraction of sp³-hybridized carbons (Fsp3) is 0.286. The molecule has 0 saturated carbocycles. The second-order valence-corrected chi connectivity index (χ2v) is 6.75. The van der Waals surface area contributed by atoms with Crippen molar-refractivity contribution in [2.45, 2.75) is 13.8 Å². The van der Waals surface area contributed by atoms with E-state index in [2.05, 4.69) is 10.6 Å². The van der Waals surface area contributed by atoms with E-state index in [9.17, 15) is 24.5 Å². The molecule has 0 aliphatic carbocycles. The van der Waals surface area contributed by atoms with Crippen LogP contribution in [0.3, 0.4) is 0 Å². The van der Waals surface area contributed by atoms with Gasteiger partial charge in [-0.3, -0.25) is 24.5 Å². The highest BCUT2D eigenvalue weighted by Crippen LogP contribution is 2.30. The molecule has 2 aromatic carbocycles. The number of anilines is 1. The van der Waals surface area contributed by atoms with E-state index in [4.69, 9.17) is 25.8 Å². The zero-order valence-electron chi connectivity index (χ0n) is 17.9. The van der Waals surface area contributed by atoms with Crippen molar-refractivity contribution in [3.63, 3.8) is 0 Å². The molecule has 0 radical (unpaired) electrons. The Morgan fingerprint density at radius 2 is 1.73 bits per heavy atom. The van der Waals surface area contributed by atoms with E-state index in [0.717, 1.165) is 6.07 Å². The summed E-state index contributed by atoms with van der Waals surface area (Å²) < 4.78 is 15.8. The highest BCUT2D eigenvalue weighted by Gasteiger charge is 2.17. The van der Waals surface area contributed by atoms with Gasteiger partial charge in [0.05, 0.1) is 18.1 Å². The minimum absolute atomic E-state index is 0.0581. The Labute approximate surface area is 194 Å². The van der Waals surface area contributed by atoms with Crippen LogP contribution in [0.5, 0.6) is 11.5 Å². The molecule has 2 aromatic rings. The summed E-state index contributed by atoms with van der Waals surface area (Å²) in [5.41, 5.74) is -0.0804. The Morgan fingerprint density at radius 3 is 2.39 bits per heavy atom. The molecule has 176 valence electrons. The fourth-order valence-corrected chi connectivity index (χ4v) is 2.76. The molecule has 2 amide bonds. The maximum atomic E-state index is 12.1. The van der Waals surface area contributed by atoms with Crippen LogP contribution in [0, 0.1) is 10.1 Å². The number of nitro groups is 1. The van der Waals surface area contributed by atoms with E-state index in [-0.39, 0.29) is 10.6 Å². The maximum Gasteiger partial charge on any atom is 0.325 e. The van der Waals surface area contributed by atoms with Gasteiger partial charge >= 0.3 is 5.97 Å². The molecular formula is C21H22ClN3O8. The number of hydrogen-bond donors (Lipinski definition) is 2. The lowest BCUT2D eigenvalue weighted by molar-refractivity contribution is -0.384. The summed E-state index contributed by atoms with van der Waals surface area (Å²) in [6.07, 6.45) is 0. The van der Waals surface area contributed by atoms with Crippen molar-refractivity contribution in [3.05, 3.63) is 57.1 Å². The van der Waals surface area contributed by atoms with E-state index in [1.54, 1.807) is 18.2 Å². The van der Waals surface area contributed by atoms with Crippen LogP contribution in [-0.2, 0) is 14.3 Å². The molecular weight excluding hydrogens is 458 g/mol. The second-order valence-electron chi connectivity index (χ2n) is 6.34. The van der Waals surface area contributed by atoms with Gasteiger partial charge in [0, 0.05) is 23.4 Å². The first-order valence-corrected chi connectivity index (χ1v) is 10.2. The van der Waals surface area contributed by atoms with Gasteiger partial charge in [0.1, 0.15) is 11.6 Å². The number of hydrogen-bond acceptors (Lipinski definition) is 8. The van der Waals surface area contributed by atoms with Gasteiger partial charge in [-0.1, -0.05) is 11.6 Å². The molecule has 0 bridgehead atoms. The van der Waals surface area contributed by atoms with E-state index in [0.29, 0.717) is 30.4 Å². The summed E-state index contributed by atoms with van der Waals surface area (Å²) in [5.74, 6) is -1.22. The van der Waals surface area contributed by atoms with Crippen molar-refractivity contribution in [1.82, 2.24) is 5.32 Å². The first-order valence-electron chi connectivity index (χ1n) is 9.82. The molecule has 0 heterocycles. The summed E-state index contributed by atoms with van der Waals surface area (Å²) in [7, 11) is 0. The topological polar surface area (TPSA) is 146 Å². The van der Waals surface area contributed by atoms with Gasteiger partial charge in [-0.2, -0.15) is 0 Å². The van der Waals surface area contributed by atoms with Gasteiger partial charge in [0.15, 0.2) is 18.1 Å². The third-order valence-electron chi connectivity index (χ3n) is 3.99. The number of halogens is 1. The van der Waals surface area contributed by atoms with Gasteiger partial charge < -0.3 is 24.8 Å². The van der Waals surface area contributed by atoms with Crippen molar-refractivity contribution in [3.8, 4) is 11.5 Å². The van der Waals surface area contributed by atoms with Gasteiger partial charge in [-0.25, -0.2) is 0 Å². The number of nitrogens with one attached hydrogen (secondary N) is 2. The quantitative estimate of drug-likeness (QED) is 0.284. The predicted octanol–water partition coefficient (Wildman–Crippen LogP) is 2.96. The molecule has 0 saturated heterocycles. The van der Waals surface area contributed by atoms with E-state index in [1.807, 2.05) is 13.8 Å². The lowest BCUT2D eigenvalue weighted by atomic mass is 10.2. The van der Waals surface area contributed by atoms with Crippen molar-refractivity contribution in [2.24, 2.45) is 0 Å². The maximum absolute atomic E-state index is 12.1. The van der Waals surface area contributed by atoms with Crippen molar-refractivity contribution >= 4 is 40.8 Å². The molecule has 0 fully saturated rings. The third kappa shape index (κ3) is 7.65. The third-order valence-corrected chi connectivity index (χ3v) is 4.31. The van der Waals surface area contributed by atoms with Crippen LogP contribution in [0.25, 0.3) is 0 Å². The number of amides is 2. The lowest BCUT2D eigenvalue weighted by Gasteiger charge is -2.13. The van der Waals surface area contributed by atoms with Crippen LogP contribution in [0.4, 0.5) is 11.4 Å². The average Bonchev–Trinajstić information content (AvgIpc) is 2.78. The highest BCUT2D eigenvalue weighted by atomic mass is 35.5. The Hall–Kier alpha value is -3.86. The van der Waals surface area contributed by atoms with E-state index in [1.165, 1.54) is 12.1 Å². The number of carbonyl (C=O) groups is 3. The molecule has 0 unspecified atom stereocenters. The average molecular weight is 480 g/mol. The Kier molecular flexibility index (Phi) is 9.43. The summed E-state index contributed by atoms with van der Waals surface area (Å²) >= 11 is 5.70. The van der Waals surface area contributed by atoms with Crippen LogP contribution < -0.4 is 20.1 Å². The van der Waals surface area contributed by atoms with Crippen molar-refractivity contribution < 1.29 is 33.5 Å². The smallest absolute Gasteiger partial charge is 0.325 e. The molecule has 33 heavy (non-hydrogen) atoms. The monoisotopic (exact) mass is 479 g/mol. The Balaban J connectivity index is 1.84. The van der Waals surface area contributed by atoms with Crippen LogP contribution in [0.1, 0.15) is 24.2 Å². The number of nitro benzene ring substituents is 1. The van der Waals surface area contributed by atoms with E-state index < -0.39 is 41.5 Å². The molecule has 0 aliphatic rings. The van der Waals surface area contributed by atoms with Crippen molar-refractivity contribution in [2.75, 3.05) is 31.7 Å². The summed E-state index contributed by atoms with van der Waals surface area (Å²) in [6.45, 7) is 3.38. The molecule has 2 rings (SSSR count). The minimum atomic E-state index is -0.872. The molecule has 2 N–H and O–H groups in total. The van der Waals surface area contributed by atoms with Gasteiger partial charge in [0.25, 0.3) is 17.5 Å². The minimum Gasteiger partial charge on any atom is -0.490 e. The van der Waals surface area contributed by atoms with Gasteiger partial charge in [0.2, 0.25) is 0 Å². The first kappa shape index (κ1) is 25.4. The normalized spacial score (nSPS) is 10.2. The van der Waals surface area contributed by atoms with Gasteiger partial charge in [-0.05, 0) is 38.1 Å². The zero-order valence-corrected chi connectivity index (χ0v) is 18.6. The van der Waals surface area contributed by atoms with Crippen LogP contribution in [0.15, 0.2) is 36.4 Å². The predicted molar refractivity (Wildman–Crippen MR) is 119 cm³/mol. The number of carbonyl (C=O) groups excluding carboxylic acids is 3. The highest BCUT2D eigenvalue weighted by molar-refractivity contribution is 6.32. The number of rotatable bonds is 11. The molecule has 12 heteroatoms. The number of ether oxygens (including phenoxy) is 3. The van der Waals surface area contributed by atoms with E-state index >= 15 is 0 Å². The lowest BCUT2D eigenvalue weighted by Crippen LogP contribution is -2.32. The van der Waals surface area contributed by atoms with Crippen LogP contribution in [-0.4, -0.2) is 49.1 Å². The summed E-state index contributed by atoms with van der Waals surface area (Å²) in [6, 6.07) is 8.31. The van der Waals surface area contributed by atoms with Crippen LogP contribution >= 0.6 is 11.6 Å². The Bertz CT molecular complexity index is 1040. The standard InChI is InChI=1S/C21H22ClN3O8/c1-3-31-17-8-6-14(10-18(17)32-4-2)24-19(26)12-33-20(27)11-23-21(28)13-5-7-15(22)16(9-13)25(29)30/h5-10H,3-4,11-12H2,1-2H3,(H,23,28)(H,24,26). The molecule has 11 nitrogen and oxygen atoms in total. The Morgan fingerprint density at radius 1 is 1.03 bits per heavy atom. The molecule has 0 atom stereocenters. The number of esters is 1. The second kappa shape index (κ2) is 12.2. The van der Waals surface area contributed by atoms with Crippen LogP contribution in [0.2, 0.25) is 5.02 Å². The first-order chi connectivity index (χ1) is 15.7. The molecule has 0 spiro atoms. The fourth-order valence-electron chi connectivity index (χ4n) is 2.57. The van der Waals surface area contributed by atoms with Gasteiger partial charge in [-0.15, -0.1) is 0 Å². The zero-order chi connectivity index (χ0) is 24.4. The largest absolute Gasteiger partial charge is 0.490 e. The van der Waals surface area contributed by atoms with Crippen molar-refractivity contribution in [1.29, 1.82) is 0 Å². The number of benzene rings is 2. The number of nitrogens with zero attached hydrogens (tertiary/aromatic N) is 1. The SMILES string of the molecule is CCOc1ccc(NC(=O)COC(=O)CNC(=O)c2ccc(Cl)c([N+](=O)[O-])c2)cc1OCC. The molecule has 0 aromatic heterocycles.